The lowest BCUT2D eigenvalue weighted by atomic mass is 10.1. The third-order valence-corrected chi connectivity index (χ3v) is 5.59. The third-order valence-electron chi connectivity index (χ3n) is 4.35. The molecule has 0 saturated carbocycles. The summed E-state index contributed by atoms with van der Waals surface area (Å²) in [6.07, 6.45) is -4.45. The van der Waals surface area contributed by atoms with E-state index in [1.54, 1.807) is 12.1 Å². The Hall–Kier alpha value is -3.31. The number of ether oxygens (including phenoxy) is 2. The fourth-order valence-electron chi connectivity index (χ4n) is 2.63. The van der Waals surface area contributed by atoms with E-state index in [1.165, 1.54) is 45.4 Å². The normalized spacial score (nSPS) is 11.8. The highest BCUT2D eigenvalue weighted by atomic mass is 35.5. The molecule has 7 nitrogen and oxygen atoms in total. The number of aromatic nitrogens is 2. The number of hydrogen-bond acceptors (Lipinski definition) is 8. The number of carbonyl (C=O) groups is 1. The summed E-state index contributed by atoms with van der Waals surface area (Å²) in [6, 6.07) is 10.6. The molecule has 12 heteroatoms. The number of hydrogen-bond donors (Lipinski definition) is 0. The Bertz CT molecular complexity index is 1200. The molecule has 0 spiro atoms. The Balaban J connectivity index is 1.83. The molecule has 0 atom stereocenters. The molecule has 0 saturated heterocycles. The molecule has 3 aromatic rings. The van der Waals surface area contributed by atoms with Gasteiger partial charge >= 0.3 is 12.1 Å². The number of nitrogens with zero attached hydrogens (tertiary/aromatic N) is 3. The van der Waals surface area contributed by atoms with E-state index in [-0.39, 0.29) is 33.2 Å². The molecule has 1 heterocycles. The highest BCUT2D eigenvalue weighted by Gasteiger charge is 2.30. The lowest BCUT2D eigenvalue weighted by Crippen LogP contribution is -2.08. The molecule has 0 fully saturated rings. The van der Waals surface area contributed by atoms with Gasteiger partial charge in [0.05, 0.1) is 42.1 Å². The lowest BCUT2D eigenvalue weighted by Gasteiger charge is -2.10. The summed E-state index contributed by atoms with van der Waals surface area (Å²) in [5.41, 5.74) is -0.227. The summed E-state index contributed by atoms with van der Waals surface area (Å²) < 4.78 is 48.5. The van der Waals surface area contributed by atoms with Crippen LogP contribution in [0.2, 0.25) is 5.02 Å². The van der Waals surface area contributed by atoms with Crippen molar-refractivity contribution >= 4 is 35.0 Å². The number of halogens is 4. The van der Waals surface area contributed by atoms with Crippen LogP contribution >= 0.6 is 23.4 Å². The van der Waals surface area contributed by atoms with Crippen LogP contribution in [-0.4, -0.2) is 35.9 Å². The molecule has 0 N–H and O–H groups in total. The molecule has 0 radical (unpaired) electrons. The first kappa shape index (κ1) is 25.3. The average molecular weight is 512 g/mol. The number of methoxy groups -OCH3 is 2. The number of benzene rings is 2. The van der Waals surface area contributed by atoms with Gasteiger partial charge < -0.3 is 14.3 Å². The summed E-state index contributed by atoms with van der Waals surface area (Å²) in [5.74, 6) is -0.344. The van der Waals surface area contributed by atoms with Gasteiger partial charge in [-0.15, -0.1) is 0 Å². The van der Waals surface area contributed by atoms with Crippen LogP contribution in [0.3, 0.4) is 0 Å². The first-order valence-corrected chi connectivity index (χ1v) is 10.7. The fraction of sp³-hybridized carbons (Fsp3) is 0.182. The van der Waals surface area contributed by atoms with Gasteiger partial charge in [0, 0.05) is 4.90 Å². The van der Waals surface area contributed by atoms with Gasteiger partial charge in [-0.05, 0) is 48.5 Å². The van der Waals surface area contributed by atoms with E-state index in [0.717, 1.165) is 23.9 Å². The molecule has 0 amide bonds. The SMILES string of the molecule is COc1cc(OC)nc(Sc2cccc(Cl)c2C(=O)O/N=C(\C)c2ccc(C(F)(F)F)cc2)n1. The van der Waals surface area contributed by atoms with Crippen LogP contribution in [0.5, 0.6) is 11.8 Å². The molecular weight excluding hydrogens is 495 g/mol. The van der Waals surface area contributed by atoms with Crippen molar-refractivity contribution in [1.29, 1.82) is 0 Å². The third kappa shape index (κ3) is 6.17. The first-order chi connectivity index (χ1) is 16.1. The fourth-order valence-corrected chi connectivity index (χ4v) is 3.85. The molecule has 3 rings (SSSR count). The molecule has 34 heavy (non-hydrogen) atoms. The number of carbonyl (C=O) groups excluding carboxylic acids is 1. The highest BCUT2D eigenvalue weighted by molar-refractivity contribution is 7.99. The van der Waals surface area contributed by atoms with Crippen LogP contribution in [0.15, 0.2) is 63.7 Å². The maximum Gasteiger partial charge on any atom is 0.416 e. The summed E-state index contributed by atoms with van der Waals surface area (Å²) in [6.45, 7) is 1.49. The minimum atomic E-state index is -4.45. The van der Waals surface area contributed by atoms with Crippen LogP contribution in [0.25, 0.3) is 0 Å². The second-order valence-corrected chi connectivity index (χ2v) is 8.00. The molecule has 178 valence electrons. The van der Waals surface area contributed by atoms with Gasteiger partial charge in [-0.1, -0.05) is 35.0 Å². The minimum absolute atomic E-state index is 0.0172. The maximum atomic E-state index is 12.8. The largest absolute Gasteiger partial charge is 0.481 e. The molecule has 0 aliphatic heterocycles. The van der Waals surface area contributed by atoms with Crippen molar-refractivity contribution in [2.24, 2.45) is 5.16 Å². The van der Waals surface area contributed by atoms with Gasteiger partial charge in [-0.2, -0.15) is 23.1 Å². The Morgan fingerprint density at radius 2 is 1.65 bits per heavy atom. The molecule has 1 aromatic heterocycles. The second-order valence-electron chi connectivity index (χ2n) is 6.58. The van der Waals surface area contributed by atoms with Crippen LogP contribution in [0.1, 0.15) is 28.4 Å². The lowest BCUT2D eigenvalue weighted by molar-refractivity contribution is -0.137. The Morgan fingerprint density at radius 1 is 1.03 bits per heavy atom. The Morgan fingerprint density at radius 3 is 2.21 bits per heavy atom. The van der Waals surface area contributed by atoms with Crippen molar-refractivity contribution in [1.82, 2.24) is 9.97 Å². The predicted octanol–water partition coefficient (Wildman–Crippen LogP) is 5.90. The molecule has 0 unspecified atom stereocenters. The summed E-state index contributed by atoms with van der Waals surface area (Å²) >= 11 is 7.27. The monoisotopic (exact) mass is 511 g/mol. The van der Waals surface area contributed by atoms with Gasteiger partial charge in [0.25, 0.3) is 0 Å². The zero-order chi connectivity index (χ0) is 24.9. The van der Waals surface area contributed by atoms with Crippen molar-refractivity contribution in [3.8, 4) is 11.8 Å². The second kappa shape index (κ2) is 10.7. The molecule has 0 aliphatic rings. The van der Waals surface area contributed by atoms with E-state index < -0.39 is 17.7 Å². The zero-order valence-corrected chi connectivity index (χ0v) is 19.6. The van der Waals surface area contributed by atoms with Crippen molar-refractivity contribution in [2.75, 3.05) is 14.2 Å². The predicted molar refractivity (Wildman–Crippen MR) is 120 cm³/mol. The molecular formula is C22H17ClF3N3O4S. The van der Waals surface area contributed by atoms with Crippen molar-refractivity contribution < 1.29 is 32.3 Å². The number of alkyl halides is 3. The molecule has 0 bridgehead atoms. The van der Waals surface area contributed by atoms with Crippen molar-refractivity contribution in [3.63, 3.8) is 0 Å². The van der Waals surface area contributed by atoms with Gasteiger partial charge in [0.2, 0.25) is 11.8 Å². The van der Waals surface area contributed by atoms with Crippen LogP contribution in [0, 0.1) is 0 Å². The number of rotatable bonds is 7. The standard InChI is InChI=1S/C22H17ClF3N3O4S/c1-12(13-7-9-14(10-8-13)22(24,25)26)29-33-20(30)19-15(23)5-4-6-16(19)34-21-27-17(31-2)11-18(28-21)32-3/h4-11H,1-3H3/b29-12+. The Kier molecular flexibility index (Phi) is 8.00. The summed E-state index contributed by atoms with van der Waals surface area (Å²) in [5, 5.41) is 4.09. The topological polar surface area (TPSA) is 82.9 Å². The van der Waals surface area contributed by atoms with Crippen molar-refractivity contribution in [2.45, 2.75) is 23.2 Å². The minimum Gasteiger partial charge on any atom is -0.481 e. The molecule has 2 aromatic carbocycles. The van der Waals surface area contributed by atoms with Crippen molar-refractivity contribution in [3.05, 3.63) is 70.2 Å². The number of oxime groups is 1. The smallest absolute Gasteiger partial charge is 0.416 e. The average Bonchev–Trinajstić information content (AvgIpc) is 2.81. The van der Waals surface area contributed by atoms with E-state index in [2.05, 4.69) is 15.1 Å². The van der Waals surface area contributed by atoms with Gasteiger partial charge in [-0.25, -0.2) is 4.79 Å². The van der Waals surface area contributed by atoms with E-state index in [4.69, 9.17) is 25.9 Å². The first-order valence-electron chi connectivity index (χ1n) is 9.49. The van der Waals surface area contributed by atoms with Crippen LogP contribution < -0.4 is 9.47 Å². The summed E-state index contributed by atoms with van der Waals surface area (Å²) in [7, 11) is 2.88. The summed E-state index contributed by atoms with van der Waals surface area (Å²) in [4.78, 5) is 26.6. The Labute approximate surface area is 201 Å². The quantitative estimate of drug-likeness (QED) is 0.169. The zero-order valence-electron chi connectivity index (χ0n) is 18.0. The van der Waals surface area contributed by atoms with Gasteiger partial charge in [-0.3, -0.25) is 0 Å². The van der Waals surface area contributed by atoms with Crippen LogP contribution in [-0.2, 0) is 11.0 Å². The van der Waals surface area contributed by atoms with Gasteiger partial charge in [0.15, 0.2) is 5.16 Å². The highest BCUT2D eigenvalue weighted by Crippen LogP contribution is 2.34. The van der Waals surface area contributed by atoms with E-state index in [9.17, 15) is 18.0 Å². The van der Waals surface area contributed by atoms with Crippen LogP contribution in [0.4, 0.5) is 13.2 Å². The van der Waals surface area contributed by atoms with E-state index in [1.807, 2.05) is 0 Å². The maximum absolute atomic E-state index is 12.8. The van der Waals surface area contributed by atoms with Gasteiger partial charge in [0.1, 0.15) is 0 Å². The molecule has 0 aliphatic carbocycles. The van der Waals surface area contributed by atoms with E-state index >= 15 is 0 Å². The van der Waals surface area contributed by atoms with E-state index in [0.29, 0.717) is 10.5 Å².